The second kappa shape index (κ2) is 6.92. The van der Waals surface area contributed by atoms with E-state index < -0.39 is 0 Å². The molecule has 0 saturated heterocycles. The Bertz CT molecular complexity index is 780. The summed E-state index contributed by atoms with van der Waals surface area (Å²) in [5, 5.41) is 0. The number of carbonyl (C=O) groups is 1. The molecule has 0 radical (unpaired) electrons. The molecule has 116 valence electrons. The maximum Gasteiger partial charge on any atom is 0.326 e. The Kier molecular flexibility index (Phi) is 4.52. The van der Waals surface area contributed by atoms with Gasteiger partial charge >= 0.3 is 5.97 Å². The average molecular weight is 306 g/mol. The van der Waals surface area contributed by atoms with E-state index in [1.807, 2.05) is 66.1 Å². The summed E-state index contributed by atoms with van der Waals surface area (Å²) >= 11 is 0. The number of rotatable bonds is 5. The molecule has 0 fully saturated rings. The van der Waals surface area contributed by atoms with Crippen LogP contribution in [-0.4, -0.2) is 15.5 Å². The topological polar surface area (TPSA) is 44.1 Å². The maximum atomic E-state index is 12.2. The molecule has 0 amide bonds. The van der Waals surface area contributed by atoms with Gasteiger partial charge in [0.25, 0.3) is 0 Å². The summed E-state index contributed by atoms with van der Waals surface area (Å²) in [4.78, 5) is 16.3. The molecule has 2 heterocycles. The molecule has 2 aromatic heterocycles. The monoisotopic (exact) mass is 306 g/mol. The summed E-state index contributed by atoms with van der Waals surface area (Å²) in [5.41, 5.74) is 3.95. The Hall–Kier alpha value is -2.88. The molecule has 3 aromatic rings. The molecular formula is C19H18N2O2. The first-order valence-electron chi connectivity index (χ1n) is 7.50. The average Bonchev–Trinajstić information content (AvgIpc) is 2.95. The fourth-order valence-corrected chi connectivity index (χ4v) is 2.46. The van der Waals surface area contributed by atoms with Crippen molar-refractivity contribution in [2.75, 3.05) is 0 Å². The SMILES string of the molecule is Cc1ccc(-c2cccnc2)n1CC(=O)OCc1ccccc1. The van der Waals surface area contributed by atoms with E-state index in [9.17, 15) is 4.79 Å². The van der Waals surface area contributed by atoms with Crippen molar-refractivity contribution >= 4 is 5.97 Å². The molecule has 0 N–H and O–H groups in total. The standard InChI is InChI=1S/C19H18N2O2/c1-15-9-10-18(17-8-5-11-20-12-17)21(15)13-19(22)23-14-16-6-3-2-4-7-16/h2-12H,13-14H2,1H3. The van der Waals surface area contributed by atoms with E-state index in [-0.39, 0.29) is 12.5 Å². The van der Waals surface area contributed by atoms with Gasteiger partial charge in [0, 0.05) is 23.7 Å². The molecule has 0 unspecified atom stereocenters. The predicted molar refractivity (Wildman–Crippen MR) is 88.6 cm³/mol. The molecule has 23 heavy (non-hydrogen) atoms. The lowest BCUT2D eigenvalue weighted by atomic mass is 10.2. The normalized spacial score (nSPS) is 10.5. The van der Waals surface area contributed by atoms with Gasteiger partial charge in [-0.05, 0) is 36.8 Å². The minimum atomic E-state index is -0.252. The van der Waals surface area contributed by atoms with Crippen LogP contribution >= 0.6 is 0 Å². The molecule has 4 heteroatoms. The number of aromatic nitrogens is 2. The minimum Gasteiger partial charge on any atom is -0.459 e. The van der Waals surface area contributed by atoms with Gasteiger partial charge in [0.1, 0.15) is 13.2 Å². The number of hydrogen-bond donors (Lipinski definition) is 0. The molecule has 0 spiro atoms. The van der Waals surface area contributed by atoms with Crippen LogP contribution in [0.2, 0.25) is 0 Å². The first kappa shape index (κ1) is 15.0. The van der Waals surface area contributed by atoms with Crippen molar-refractivity contribution in [3.8, 4) is 11.3 Å². The van der Waals surface area contributed by atoms with Crippen LogP contribution in [0.1, 0.15) is 11.3 Å². The van der Waals surface area contributed by atoms with Crippen molar-refractivity contribution in [2.45, 2.75) is 20.1 Å². The third kappa shape index (κ3) is 3.66. The van der Waals surface area contributed by atoms with Crippen molar-refractivity contribution in [1.29, 1.82) is 0 Å². The second-order valence-electron chi connectivity index (χ2n) is 5.33. The van der Waals surface area contributed by atoms with Gasteiger partial charge in [-0.2, -0.15) is 0 Å². The van der Waals surface area contributed by atoms with E-state index in [4.69, 9.17) is 4.74 Å². The fourth-order valence-electron chi connectivity index (χ4n) is 2.46. The number of carbonyl (C=O) groups excluding carboxylic acids is 1. The summed E-state index contributed by atoms with van der Waals surface area (Å²) < 4.78 is 7.32. The summed E-state index contributed by atoms with van der Waals surface area (Å²) in [7, 11) is 0. The van der Waals surface area contributed by atoms with Gasteiger partial charge in [-0.15, -0.1) is 0 Å². The largest absolute Gasteiger partial charge is 0.459 e. The number of benzene rings is 1. The van der Waals surface area contributed by atoms with Crippen LogP contribution in [0.25, 0.3) is 11.3 Å². The molecule has 1 aromatic carbocycles. The third-order valence-corrected chi connectivity index (χ3v) is 3.69. The molecule has 0 aliphatic rings. The van der Waals surface area contributed by atoms with Crippen LogP contribution in [0.15, 0.2) is 67.0 Å². The highest BCUT2D eigenvalue weighted by Gasteiger charge is 2.12. The summed E-state index contributed by atoms with van der Waals surface area (Å²) in [5.74, 6) is -0.252. The lowest BCUT2D eigenvalue weighted by Crippen LogP contribution is -2.15. The molecule has 4 nitrogen and oxygen atoms in total. The molecule has 0 aliphatic heterocycles. The Morgan fingerprint density at radius 2 is 1.91 bits per heavy atom. The van der Waals surface area contributed by atoms with Crippen molar-refractivity contribution in [2.24, 2.45) is 0 Å². The Labute approximate surface area is 135 Å². The Morgan fingerprint density at radius 1 is 1.09 bits per heavy atom. The minimum absolute atomic E-state index is 0.190. The molecule has 3 rings (SSSR count). The van der Waals surface area contributed by atoms with E-state index in [1.165, 1.54) is 0 Å². The lowest BCUT2D eigenvalue weighted by molar-refractivity contribution is -0.145. The van der Waals surface area contributed by atoms with Crippen molar-refractivity contribution < 1.29 is 9.53 Å². The Balaban J connectivity index is 1.70. The number of nitrogens with zero attached hydrogens (tertiary/aromatic N) is 2. The van der Waals surface area contributed by atoms with Gasteiger partial charge in [0.15, 0.2) is 0 Å². The van der Waals surface area contributed by atoms with Crippen LogP contribution in [0.4, 0.5) is 0 Å². The van der Waals surface area contributed by atoms with Gasteiger partial charge in [-0.25, -0.2) is 0 Å². The van der Waals surface area contributed by atoms with Gasteiger partial charge < -0.3 is 9.30 Å². The van der Waals surface area contributed by atoms with Crippen LogP contribution < -0.4 is 0 Å². The highest BCUT2D eigenvalue weighted by atomic mass is 16.5. The summed E-state index contributed by atoms with van der Waals surface area (Å²) in [6.07, 6.45) is 3.53. The highest BCUT2D eigenvalue weighted by Crippen LogP contribution is 2.21. The molecule has 0 saturated carbocycles. The Morgan fingerprint density at radius 3 is 2.65 bits per heavy atom. The summed E-state index contributed by atoms with van der Waals surface area (Å²) in [6.45, 7) is 2.46. The zero-order valence-electron chi connectivity index (χ0n) is 13.0. The van der Waals surface area contributed by atoms with E-state index in [1.54, 1.807) is 12.4 Å². The van der Waals surface area contributed by atoms with Crippen molar-refractivity contribution in [3.05, 3.63) is 78.2 Å². The molecule has 0 aliphatic carbocycles. The maximum absolute atomic E-state index is 12.2. The van der Waals surface area contributed by atoms with E-state index in [0.717, 1.165) is 22.5 Å². The van der Waals surface area contributed by atoms with Crippen LogP contribution in [0, 0.1) is 6.92 Å². The van der Waals surface area contributed by atoms with Gasteiger partial charge in [0.2, 0.25) is 0 Å². The van der Waals surface area contributed by atoms with Crippen LogP contribution in [-0.2, 0) is 22.7 Å². The van der Waals surface area contributed by atoms with Gasteiger partial charge in [-0.1, -0.05) is 30.3 Å². The number of aryl methyl sites for hydroxylation is 1. The smallest absolute Gasteiger partial charge is 0.326 e. The molecular weight excluding hydrogens is 288 g/mol. The second-order valence-corrected chi connectivity index (χ2v) is 5.33. The predicted octanol–water partition coefficient (Wildman–Crippen LogP) is 3.60. The quantitative estimate of drug-likeness (QED) is 0.676. The third-order valence-electron chi connectivity index (χ3n) is 3.69. The van der Waals surface area contributed by atoms with E-state index in [2.05, 4.69) is 4.98 Å². The fraction of sp³-hybridized carbons (Fsp3) is 0.158. The number of hydrogen-bond acceptors (Lipinski definition) is 3. The zero-order valence-corrected chi connectivity index (χ0v) is 13.0. The lowest BCUT2D eigenvalue weighted by Gasteiger charge is -2.11. The van der Waals surface area contributed by atoms with Crippen LogP contribution in [0.3, 0.4) is 0 Å². The summed E-state index contributed by atoms with van der Waals surface area (Å²) in [6, 6.07) is 17.5. The number of pyridine rings is 1. The zero-order chi connectivity index (χ0) is 16.1. The highest BCUT2D eigenvalue weighted by molar-refractivity contribution is 5.71. The molecule has 0 atom stereocenters. The van der Waals surface area contributed by atoms with Gasteiger partial charge in [-0.3, -0.25) is 9.78 Å². The van der Waals surface area contributed by atoms with E-state index >= 15 is 0 Å². The first-order valence-corrected chi connectivity index (χ1v) is 7.50. The van der Waals surface area contributed by atoms with Crippen molar-refractivity contribution in [3.63, 3.8) is 0 Å². The van der Waals surface area contributed by atoms with Crippen LogP contribution in [0.5, 0.6) is 0 Å². The number of esters is 1. The van der Waals surface area contributed by atoms with Crippen molar-refractivity contribution in [1.82, 2.24) is 9.55 Å². The first-order chi connectivity index (χ1) is 11.2. The van der Waals surface area contributed by atoms with Gasteiger partial charge in [0.05, 0.1) is 5.69 Å². The molecule has 0 bridgehead atoms. The van der Waals surface area contributed by atoms with E-state index in [0.29, 0.717) is 6.61 Å². The number of ether oxygens (including phenoxy) is 1.